The van der Waals surface area contributed by atoms with E-state index in [1.165, 1.54) is 25.7 Å². The van der Waals surface area contributed by atoms with Gasteiger partial charge in [-0.1, -0.05) is 111 Å². The average molecular weight is 797 g/mol. The molecule has 4 heteroatoms. The minimum atomic E-state index is -0.259. The second-order valence-corrected chi connectivity index (χ2v) is 26.7. The molecule has 332 valence electrons. The van der Waals surface area contributed by atoms with Crippen LogP contribution < -0.4 is 0 Å². The van der Waals surface area contributed by atoms with Gasteiger partial charge in [-0.2, -0.15) is 0 Å². The van der Waals surface area contributed by atoms with Crippen molar-refractivity contribution in [2.75, 3.05) is 0 Å². The molecule has 0 bridgehead atoms. The second-order valence-electron chi connectivity index (χ2n) is 26.7. The van der Waals surface area contributed by atoms with Gasteiger partial charge in [0.2, 0.25) is 0 Å². The molecule has 6 saturated carbocycles. The molecule has 20 atom stereocenters. The van der Waals surface area contributed by atoms with Crippen LogP contribution in [0.3, 0.4) is 0 Å². The molecular weight excluding hydrogens is 701 g/mol. The average Bonchev–Trinajstić information content (AvgIpc) is 3.04. The van der Waals surface area contributed by atoms with Crippen LogP contribution in [0.5, 0.6) is 0 Å². The quantitative estimate of drug-likeness (QED) is 0.187. The normalized spacial score (nSPS) is 48.2. The van der Waals surface area contributed by atoms with Crippen LogP contribution in [0.15, 0.2) is 0 Å². The van der Waals surface area contributed by atoms with Crippen molar-refractivity contribution in [3.05, 3.63) is 0 Å². The molecule has 0 aromatic heterocycles. The zero-order valence-corrected chi connectivity index (χ0v) is 40.3. The third-order valence-electron chi connectivity index (χ3n) is 20.9. The first-order valence-electron chi connectivity index (χ1n) is 24.9. The van der Waals surface area contributed by atoms with E-state index in [-0.39, 0.29) is 57.4 Å². The molecule has 6 rings (SSSR count). The first kappa shape index (κ1) is 46.3. The zero-order valence-electron chi connectivity index (χ0n) is 40.3. The van der Waals surface area contributed by atoms with Crippen LogP contribution in [0.1, 0.15) is 188 Å². The van der Waals surface area contributed by atoms with Gasteiger partial charge >= 0.3 is 0 Å². The summed E-state index contributed by atoms with van der Waals surface area (Å²) < 4.78 is 0. The Morgan fingerprint density at radius 3 is 1.33 bits per heavy atom. The number of rotatable bonds is 9. The lowest BCUT2D eigenvalue weighted by Gasteiger charge is -2.77. The summed E-state index contributed by atoms with van der Waals surface area (Å²) in [6.45, 7) is 38.9. The molecule has 0 saturated heterocycles. The van der Waals surface area contributed by atoms with Crippen molar-refractivity contribution in [1.82, 2.24) is 0 Å². The largest absolute Gasteiger partial charge is 0.393 e. The summed E-state index contributed by atoms with van der Waals surface area (Å²) in [4.78, 5) is 0. The lowest BCUT2D eigenvalue weighted by atomic mass is 9.28. The van der Waals surface area contributed by atoms with Crippen LogP contribution in [0, 0.1) is 122 Å². The maximum Gasteiger partial charge on any atom is 0.0576 e. The lowest BCUT2D eigenvalue weighted by molar-refractivity contribution is -0.291. The van der Waals surface area contributed by atoms with Gasteiger partial charge in [0, 0.05) is 0 Å². The number of hydrogen-bond donors (Lipinski definition) is 4. The molecule has 0 spiro atoms. The van der Waals surface area contributed by atoms with E-state index in [2.05, 4.69) is 111 Å². The van der Waals surface area contributed by atoms with Crippen LogP contribution in [-0.2, 0) is 0 Å². The van der Waals surface area contributed by atoms with E-state index in [1.807, 2.05) is 0 Å². The van der Waals surface area contributed by atoms with E-state index >= 15 is 0 Å². The lowest BCUT2D eigenvalue weighted by Crippen LogP contribution is -2.71. The van der Waals surface area contributed by atoms with E-state index in [4.69, 9.17) is 0 Å². The molecule has 0 radical (unpaired) electrons. The minimum absolute atomic E-state index is 0.0183. The van der Waals surface area contributed by atoms with Crippen molar-refractivity contribution >= 4 is 0 Å². The first-order chi connectivity index (χ1) is 26.1. The Kier molecular flexibility index (Phi) is 13.2. The van der Waals surface area contributed by atoms with Crippen LogP contribution in [-0.4, -0.2) is 44.8 Å². The number of aliphatic hydroxyl groups excluding tert-OH is 4. The molecule has 6 aliphatic carbocycles. The summed E-state index contributed by atoms with van der Waals surface area (Å²) in [5.41, 5.74) is 0.492. The van der Waals surface area contributed by atoms with Gasteiger partial charge in [0.1, 0.15) is 0 Å². The van der Waals surface area contributed by atoms with E-state index in [0.717, 1.165) is 57.3 Å². The SMILES string of the molecule is CC(C)C(C1CC(C(C)(C)C)C(O)CC1C)C1CC(C(C)(C)C23CCC2CC3C(C)(C)C2CC(CC3CC(C(C)(C)C)C(O)CC3C)C(C)CC2O)C(O)CC1C. The Labute approximate surface area is 353 Å². The van der Waals surface area contributed by atoms with Crippen LogP contribution in [0.25, 0.3) is 0 Å². The van der Waals surface area contributed by atoms with Gasteiger partial charge in [-0.05, 0) is 199 Å². The standard InChI is InChI=1S/C53H96O4/c1-29(2)48(37-27-40(50(10,11)12)44(55)21-32(37)5)38-28-42(46(57)22-33(38)6)52(15,16)53-18-17-36(53)26-47(53)51(13,14)41-25-35(31(4)20-45(41)56)23-34-24-39(49(7,8)9)43(54)19-30(34)3/h29-48,54-57H,17-28H2,1-16H3. The van der Waals surface area contributed by atoms with Crippen LogP contribution in [0.2, 0.25) is 0 Å². The predicted octanol–water partition coefficient (Wildman–Crippen LogP) is 12.3. The summed E-state index contributed by atoms with van der Waals surface area (Å²) in [5.74, 6) is 8.34. The molecular formula is C53H96O4. The second kappa shape index (κ2) is 16.2. The van der Waals surface area contributed by atoms with Crippen LogP contribution >= 0.6 is 0 Å². The molecule has 4 N–H and O–H groups in total. The van der Waals surface area contributed by atoms with E-state index in [0.29, 0.717) is 82.9 Å². The van der Waals surface area contributed by atoms with E-state index < -0.39 is 0 Å². The molecule has 0 amide bonds. The fourth-order valence-corrected chi connectivity index (χ4v) is 17.2. The van der Waals surface area contributed by atoms with Crippen molar-refractivity contribution in [3.63, 3.8) is 0 Å². The molecule has 0 aliphatic heterocycles. The fraction of sp³-hybridized carbons (Fsp3) is 1.00. The molecule has 0 heterocycles. The Morgan fingerprint density at radius 2 is 0.912 bits per heavy atom. The zero-order chi connectivity index (χ0) is 42.5. The van der Waals surface area contributed by atoms with Crippen molar-refractivity contribution in [1.29, 1.82) is 0 Å². The molecule has 4 nitrogen and oxygen atoms in total. The monoisotopic (exact) mass is 797 g/mol. The third kappa shape index (κ3) is 8.16. The van der Waals surface area contributed by atoms with Crippen molar-refractivity contribution in [3.8, 4) is 0 Å². The summed E-state index contributed by atoms with van der Waals surface area (Å²) >= 11 is 0. The van der Waals surface area contributed by atoms with Crippen LogP contribution in [0.4, 0.5) is 0 Å². The van der Waals surface area contributed by atoms with Gasteiger partial charge in [-0.15, -0.1) is 0 Å². The molecule has 6 aliphatic rings. The highest BCUT2D eigenvalue weighted by Gasteiger charge is 2.72. The van der Waals surface area contributed by atoms with Crippen molar-refractivity contribution in [2.45, 2.75) is 212 Å². The molecule has 6 fully saturated rings. The molecule has 0 aromatic carbocycles. The predicted molar refractivity (Wildman–Crippen MR) is 238 cm³/mol. The van der Waals surface area contributed by atoms with Crippen molar-refractivity contribution < 1.29 is 20.4 Å². The smallest absolute Gasteiger partial charge is 0.0576 e. The van der Waals surface area contributed by atoms with E-state index in [9.17, 15) is 20.4 Å². The Hall–Kier alpha value is -0.160. The summed E-state index contributed by atoms with van der Waals surface area (Å²) in [6.07, 6.45) is 12.4. The fourth-order valence-electron chi connectivity index (χ4n) is 17.2. The van der Waals surface area contributed by atoms with Gasteiger partial charge in [0.15, 0.2) is 0 Å². The van der Waals surface area contributed by atoms with Gasteiger partial charge in [0.05, 0.1) is 24.4 Å². The minimum Gasteiger partial charge on any atom is -0.393 e. The Bertz CT molecular complexity index is 1350. The topological polar surface area (TPSA) is 80.9 Å². The highest BCUT2D eigenvalue weighted by atomic mass is 16.3. The molecule has 57 heavy (non-hydrogen) atoms. The summed E-state index contributed by atoms with van der Waals surface area (Å²) in [6, 6.07) is 0. The highest BCUT2D eigenvalue weighted by molar-refractivity contribution is 5.21. The Balaban J connectivity index is 1.23. The molecule has 20 unspecified atom stereocenters. The Morgan fingerprint density at radius 1 is 0.509 bits per heavy atom. The summed E-state index contributed by atoms with van der Waals surface area (Å²) in [5, 5.41) is 46.8. The highest BCUT2D eigenvalue weighted by Crippen LogP contribution is 2.79. The molecule has 0 aromatic rings. The first-order valence-corrected chi connectivity index (χ1v) is 24.9. The van der Waals surface area contributed by atoms with E-state index in [1.54, 1.807) is 0 Å². The van der Waals surface area contributed by atoms with Crippen molar-refractivity contribution in [2.24, 2.45) is 122 Å². The van der Waals surface area contributed by atoms with Gasteiger partial charge < -0.3 is 20.4 Å². The number of hydrogen-bond acceptors (Lipinski definition) is 4. The third-order valence-corrected chi connectivity index (χ3v) is 20.9. The maximum absolute atomic E-state index is 12.3. The summed E-state index contributed by atoms with van der Waals surface area (Å²) in [7, 11) is 0. The number of fused-ring (bicyclic) bond motifs is 1. The van der Waals surface area contributed by atoms with Gasteiger partial charge in [-0.25, -0.2) is 0 Å². The van der Waals surface area contributed by atoms with Gasteiger partial charge in [-0.3, -0.25) is 0 Å². The van der Waals surface area contributed by atoms with Gasteiger partial charge in [0.25, 0.3) is 0 Å². The number of aliphatic hydroxyl groups is 4. The maximum atomic E-state index is 12.3.